The van der Waals surface area contributed by atoms with E-state index in [1.165, 1.54) is 0 Å². The van der Waals surface area contributed by atoms with Gasteiger partial charge in [0.25, 0.3) is 11.5 Å². The first kappa shape index (κ1) is 18.7. The minimum atomic E-state index is -0.261. The molecule has 0 saturated heterocycles. The van der Waals surface area contributed by atoms with E-state index in [9.17, 15) is 9.59 Å². The predicted octanol–water partition coefficient (Wildman–Crippen LogP) is 3.06. The SMILES string of the molecule is CCOCCn1ccc2c(OCC(=O)Nc3ccccc3)cccc2c1=O. The molecule has 140 valence electrons. The van der Waals surface area contributed by atoms with Gasteiger partial charge in [-0.15, -0.1) is 0 Å². The first-order chi connectivity index (χ1) is 13.2. The lowest BCUT2D eigenvalue weighted by Crippen LogP contribution is -2.22. The average Bonchev–Trinajstić information content (AvgIpc) is 2.69. The highest BCUT2D eigenvalue weighted by molar-refractivity contribution is 5.92. The molecule has 6 heteroatoms. The molecule has 0 aliphatic heterocycles. The molecule has 0 spiro atoms. The van der Waals surface area contributed by atoms with E-state index in [4.69, 9.17) is 9.47 Å². The summed E-state index contributed by atoms with van der Waals surface area (Å²) in [5, 5.41) is 4.00. The van der Waals surface area contributed by atoms with Crippen molar-refractivity contribution in [2.24, 2.45) is 0 Å². The first-order valence-electron chi connectivity index (χ1n) is 8.86. The summed E-state index contributed by atoms with van der Waals surface area (Å²) >= 11 is 0. The molecule has 0 saturated carbocycles. The maximum atomic E-state index is 12.6. The van der Waals surface area contributed by atoms with Crippen molar-refractivity contribution >= 4 is 22.4 Å². The van der Waals surface area contributed by atoms with E-state index >= 15 is 0 Å². The molecule has 0 unspecified atom stereocenters. The van der Waals surface area contributed by atoms with Crippen LogP contribution >= 0.6 is 0 Å². The number of hydrogen-bond donors (Lipinski definition) is 1. The topological polar surface area (TPSA) is 69.6 Å². The van der Waals surface area contributed by atoms with Gasteiger partial charge >= 0.3 is 0 Å². The van der Waals surface area contributed by atoms with Gasteiger partial charge in [0.1, 0.15) is 5.75 Å². The Hall–Kier alpha value is -3.12. The van der Waals surface area contributed by atoms with Gasteiger partial charge in [0, 0.05) is 30.4 Å². The summed E-state index contributed by atoms with van der Waals surface area (Å²) in [6.45, 7) is 3.37. The van der Waals surface area contributed by atoms with Crippen LogP contribution in [0.25, 0.3) is 10.8 Å². The Labute approximate surface area is 157 Å². The Morgan fingerprint density at radius 2 is 1.85 bits per heavy atom. The van der Waals surface area contributed by atoms with E-state index in [1.54, 1.807) is 41.1 Å². The van der Waals surface area contributed by atoms with Crippen molar-refractivity contribution in [1.82, 2.24) is 4.57 Å². The summed E-state index contributed by atoms with van der Waals surface area (Å²) in [5.74, 6) is 0.244. The number of carbonyl (C=O) groups excluding carboxylic acids is 1. The molecule has 0 fully saturated rings. The van der Waals surface area contributed by atoms with E-state index in [1.807, 2.05) is 31.2 Å². The molecular weight excluding hydrogens is 344 g/mol. The van der Waals surface area contributed by atoms with Crippen LogP contribution in [0.3, 0.4) is 0 Å². The van der Waals surface area contributed by atoms with Crippen LogP contribution in [0.4, 0.5) is 5.69 Å². The van der Waals surface area contributed by atoms with Crippen molar-refractivity contribution < 1.29 is 14.3 Å². The zero-order chi connectivity index (χ0) is 19.1. The minimum Gasteiger partial charge on any atom is -0.483 e. The quantitative estimate of drug-likeness (QED) is 0.622. The zero-order valence-corrected chi connectivity index (χ0v) is 15.2. The standard InChI is InChI=1S/C21H22N2O4/c1-2-26-14-13-23-12-11-17-18(21(23)25)9-6-10-19(17)27-15-20(24)22-16-7-4-3-5-8-16/h3-12H,2,13-15H2,1H3,(H,22,24). The Morgan fingerprint density at radius 3 is 2.63 bits per heavy atom. The molecular formula is C21H22N2O4. The Morgan fingerprint density at radius 1 is 1.04 bits per heavy atom. The molecule has 3 aromatic rings. The van der Waals surface area contributed by atoms with Gasteiger partial charge in [0.05, 0.1) is 12.0 Å². The third kappa shape index (κ3) is 4.74. The third-order valence-electron chi connectivity index (χ3n) is 4.08. The number of hydrogen-bond acceptors (Lipinski definition) is 4. The van der Waals surface area contributed by atoms with Gasteiger partial charge in [0.2, 0.25) is 0 Å². The van der Waals surface area contributed by atoms with Crippen molar-refractivity contribution in [3.05, 3.63) is 71.1 Å². The number of amides is 1. The van der Waals surface area contributed by atoms with Gasteiger partial charge in [-0.05, 0) is 37.3 Å². The number of aromatic nitrogens is 1. The molecule has 0 aliphatic carbocycles. The van der Waals surface area contributed by atoms with E-state index in [0.717, 1.165) is 0 Å². The monoisotopic (exact) mass is 366 g/mol. The zero-order valence-electron chi connectivity index (χ0n) is 15.2. The molecule has 6 nitrogen and oxygen atoms in total. The van der Waals surface area contributed by atoms with Crippen LogP contribution in [0, 0.1) is 0 Å². The van der Waals surface area contributed by atoms with Crippen molar-refractivity contribution in [2.75, 3.05) is 25.1 Å². The number of benzene rings is 2. The number of pyridine rings is 1. The summed E-state index contributed by atoms with van der Waals surface area (Å²) in [5.41, 5.74) is 0.604. The third-order valence-corrected chi connectivity index (χ3v) is 4.08. The molecule has 1 heterocycles. The highest BCUT2D eigenvalue weighted by Gasteiger charge is 2.09. The largest absolute Gasteiger partial charge is 0.483 e. The van der Waals surface area contributed by atoms with E-state index < -0.39 is 0 Å². The summed E-state index contributed by atoms with van der Waals surface area (Å²) in [6, 6.07) is 16.3. The molecule has 0 radical (unpaired) electrons. The summed E-state index contributed by atoms with van der Waals surface area (Å²) in [7, 11) is 0. The average molecular weight is 366 g/mol. The van der Waals surface area contributed by atoms with Crippen LogP contribution in [0.1, 0.15) is 6.92 Å². The van der Waals surface area contributed by atoms with Crippen LogP contribution in [0.15, 0.2) is 65.6 Å². The Kier molecular flexibility index (Phi) is 6.22. The molecule has 0 bridgehead atoms. The first-order valence-corrected chi connectivity index (χ1v) is 8.86. The second-order valence-electron chi connectivity index (χ2n) is 5.93. The second-order valence-corrected chi connectivity index (χ2v) is 5.93. The van der Waals surface area contributed by atoms with Crippen molar-refractivity contribution in [3.8, 4) is 5.75 Å². The van der Waals surface area contributed by atoms with Crippen molar-refractivity contribution in [1.29, 1.82) is 0 Å². The van der Waals surface area contributed by atoms with Gasteiger partial charge in [-0.2, -0.15) is 0 Å². The number of rotatable bonds is 8. The number of anilines is 1. The predicted molar refractivity (Wildman–Crippen MR) is 105 cm³/mol. The van der Waals surface area contributed by atoms with Gasteiger partial charge < -0.3 is 19.4 Å². The normalized spacial score (nSPS) is 10.7. The molecule has 0 aliphatic rings. The smallest absolute Gasteiger partial charge is 0.262 e. The van der Waals surface area contributed by atoms with Crippen LogP contribution in [0.2, 0.25) is 0 Å². The number of ether oxygens (including phenoxy) is 2. The van der Waals surface area contributed by atoms with Gasteiger partial charge in [-0.1, -0.05) is 24.3 Å². The number of nitrogens with zero attached hydrogens (tertiary/aromatic N) is 1. The van der Waals surface area contributed by atoms with Gasteiger partial charge in [-0.25, -0.2) is 0 Å². The molecule has 1 N–H and O–H groups in total. The molecule has 0 atom stereocenters. The van der Waals surface area contributed by atoms with Crippen molar-refractivity contribution in [2.45, 2.75) is 13.5 Å². The Balaban J connectivity index is 1.72. The number of carbonyl (C=O) groups is 1. The van der Waals surface area contributed by atoms with Crippen LogP contribution in [-0.2, 0) is 16.1 Å². The second kappa shape index (κ2) is 9.00. The molecule has 27 heavy (non-hydrogen) atoms. The fourth-order valence-electron chi connectivity index (χ4n) is 2.76. The maximum Gasteiger partial charge on any atom is 0.262 e. The van der Waals surface area contributed by atoms with Crippen LogP contribution in [-0.4, -0.2) is 30.3 Å². The number of nitrogens with one attached hydrogen (secondary N) is 1. The van der Waals surface area contributed by atoms with Crippen LogP contribution in [0.5, 0.6) is 5.75 Å². The van der Waals surface area contributed by atoms with E-state index in [-0.39, 0.29) is 18.1 Å². The molecule has 1 aromatic heterocycles. The number of para-hydroxylation sites is 1. The molecule has 2 aromatic carbocycles. The summed E-state index contributed by atoms with van der Waals surface area (Å²) < 4.78 is 12.6. The van der Waals surface area contributed by atoms with E-state index in [0.29, 0.717) is 42.0 Å². The minimum absolute atomic E-state index is 0.105. The molecule has 3 rings (SSSR count). The fraction of sp³-hybridized carbons (Fsp3) is 0.238. The lowest BCUT2D eigenvalue weighted by atomic mass is 10.1. The lowest BCUT2D eigenvalue weighted by molar-refractivity contribution is -0.118. The fourth-order valence-corrected chi connectivity index (χ4v) is 2.76. The van der Waals surface area contributed by atoms with Crippen molar-refractivity contribution in [3.63, 3.8) is 0 Å². The molecule has 1 amide bonds. The summed E-state index contributed by atoms with van der Waals surface area (Å²) in [4.78, 5) is 24.7. The van der Waals surface area contributed by atoms with Gasteiger partial charge in [-0.3, -0.25) is 9.59 Å². The highest BCUT2D eigenvalue weighted by atomic mass is 16.5. The van der Waals surface area contributed by atoms with Crippen LogP contribution < -0.4 is 15.6 Å². The Bertz CT molecular complexity index is 967. The lowest BCUT2D eigenvalue weighted by Gasteiger charge is -2.11. The van der Waals surface area contributed by atoms with E-state index in [2.05, 4.69) is 5.32 Å². The number of fused-ring (bicyclic) bond motifs is 1. The van der Waals surface area contributed by atoms with Gasteiger partial charge in [0.15, 0.2) is 6.61 Å². The summed E-state index contributed by atoms with van der Waals surface area (Å²) in [6.07, 6.45) is 1.72. The maximum absolute atomic E-state index is 12.6. The highest BCUT2D eigenvalue weighted by Crippen LogP contribution is 2.23.